The summed E-state index contributed by atoms with van der Waals surface area (Å²) in [5.41, 5.74) is 1.65. The number of likely N-dealkylation sites (tertiary alicyclic amines) is 1. The molecule has 2 heterocycles. The normalized spacial score (nSPS) is 15.0. The summed E-state index contributed by atoms with van der Waals surface area (Å²) in [5, 5.41) is 0. The van der Waals surface area contributed by atoms with Gasteiger partial charge in [-0.1, -0.05) is 43.2 Å². The van der Waals surface area contributed by atoms with Crippen LogP contribution in [0.15, 0.2) is 42.7 Å². The van der Waals surface area contributed by atoms with Crippen molar-refractivity contribution in [3.8, 4) is 0 Å². The summed E-state index contributed by atoms with van der Waals surface area (Å²) in [5.74, 6) is 0.771. The topological polar surface area (TPSA) is 49.3 Å². The second-order valence-corrected chi connectivity index (χ2v) is 6.31. The van der Waals surface area contributed by atoms with Gasteiger partial charge in [0.15, 0.2) is 0 Å². The number of hydrogen-bond acceptors (Lipinski definition) is 4. The standard InChI is InChI=1S/C19H24N4O/c1-22(15-16-9-5-4-6-10-16)18-14-20-17(13-21-18)19(24)23-11-7-2-3-8-12-23/h4-6,9-10,13-14H,2-3,7-8,11-12,15H2,1H3. The van der Waals surface area contributed by atoms with Crippen LogP contribution >= 0.6 is 0 Å². The van der Waals surface area contributed by atoms with E-state index in [0.717, 1.165) is 38.3 Å². The maximum atomic E-state index is 12.5. The van der Waals surface area contributed by atoms with E-state index in [1.165, 1.54) is 18.4 Å². The first kappa shape index (κ1) is 16.4. The second kappa shape index (κ2) is 7.90. The van der Waals surface area contributed by atoms with Gasteiger partial charge in [-0.25, -0.2) is 9.97 Å². The van der Waals surface area contributed by atoms with Gasteiger partial charge in [0.2, 0.25) is 0 Å². The van der Waals surface area contributed by atoms with Crippen LogP contribution in [0.4, 0.5) is 5.82 Å². The molecule has 0 atom stereocenters. The molecule has 1 fully saturated rings. The van der Waals surface area contributed by atoms with Gasteiger partial charge >= 0.3 is 0 Å². The Bertz CT molecular complexity index is 649. The van der Waals surface area contributed by atoms with Gasteiger partial charge in [-0.3, -0.25) is 4.79 Å². The average molecular weight is 324 g/mol. The van der Waals surface area contributed by atoms with Crippen LogP contribution < -0.4 is 4.90 Å². The van der Waals surface area contributed by atoms with E-state index in [1.54, 1.807) is 12.4 Å². The Morgan fingerprint density at radius 3 is 2.38 bits per heavy atom. The maximum Gasteiger partial charge on any atom is 0.274 e. The second-order valence-electron chi connectivity index (χ2n) is 6.31. The van der Waals surface area contributed by atoms with Gasteiger partial charge in [0.1, 0.15) is 11.5 Å². The predicted molar refractivity (Wildman–Crippen MR) is 95.0 cm³/mol. The first-order valence-electron chi connectivity index (χ1n) is 8.60. The van der Waals surface area contributed by atoms with Crippen LogP contribution in [-0.2, 0) is 6.54 Å². The predicted octanol–water partition coefficient (Wildman–Crippen LogP) is 3.13. The lowest BCUT2D eigenvalue weighted by molar-refractivity contribution is 0.0755. The third-order valence-corrected chi connectivity index (χ3v) is 4.40. The minimum absolute atomic E-state index is 0.00154. The molecule has 24 heavy (non-hydrogen) atoms. The van der Waals surface area contributed by atoms with Crippen molar-refractivity contribution in [2.45, 2.75) is 32.2 Å². The average Bonchev–Trinajstić information content (AvgIpc) is 2.91. The highest BCUT2D eigenvalue weighted by atomic mass is 16.2. The smallest absolute Gasteiger partial charge is 0.274 e. The van der Waals surface area contributed by atoms with Gasteiger partial charge in [-0.05, 0) is 18.4 Å². The third kappa shape index (κ3) is 4.10. The van der Waals surface area contributed by atoms with Gasteiger partial charge in [-0.15, -0.1) is 0 Å². The van der Waals surface area contributed by atoms with Crippen LogP contribution in [0.25, 0.3) is 0 Å². The Morgan fingerprint density at radius 2 is 1.75 bits per heavy atom. The molecule has 5 heteroatoms. The van der Waals surface area contributed by atoms with Crippen molar-refractivity contribution >= 4 is 11.7 Å². The Labute approximate surface area is 143 Å². The van der Waals surface area contributed by atoms with Gasteiger partial charge in [0, 0.05) is 26.7 Å². The Morgan fingerprint density at radius 1 is 1.04 bits per heavy atom. The third-order valence-electron chi connectivity index (χ3n) is 4.40. The zero-order chi connectivity index (χ0) is 16.8. The Hall–Kier alpha value is -2.43. The molecule has 0 unspecified atom stereocenters. The maximum absolute atomic E-state index is 12.5. The minimum atomic E-state index is 0.00154. The van der Waals surface area contributed by atoms with Gasteiger partial charge in [0.25, 0.3) is 5.91 Å². The van der Waals surface area contributed by atoms with Crippen molar-refractivity contribution < 1.29 is 4.79 Å². The summed E-state index contributed by atoms with van der Waals surface area (Å²) < 4.78 is 0. The summed E-state index contributed by atoms with van der Waals surface area (Å²) in [4.78, 5) is 25.3. The van der Waals surface area contributed by atoms with E-state index in [9.17, 15) is 4.79 Å². The van der Waals surface area contributed by atoms with Crippen molar-refractivity contribution in [2.75, 3.05) is 25.0 Å². The molecule has 0 N–H and O–H groups in total. The Balaban J connectivity index is 1.65. The van der Waals surface area contributed by atoms with Crippen molar-refractivity contribution in [3.05, 3.63) is 54.0 Å². The minimum Gasteiger partial charge on any atom is -0.354 e. The summed E-state index contributed by atoms with van der Waals surface area (Å²) >= 11 is 0. The van der Waals surface area contributed by atoms with Crippen molar-refractivity contribution in [3.63, 3.8) is 0 Å². The Kier molecular flexibility index (Phi) is 5.41. The highest BCUT2D eigenvalue weighted by molar-refractivity contribution is 5.92. The molecule has 1 aromatic carbocycles. The molecule has 3 rings (SSSR count). The molecule has 1 aliphatic rings. The summed E-state index contributed by atoms with van der Waals surface area (Å²) in [6.07, 6.45) is 7.86. The number of carbonyl (C=O) groups is 1. The fourth-order valence-electron chi connectivity index (χ4n) is 3.00. The molecule has 0 bridgehead atoms. The summed E-state index contributed by atoms with van der Waals surface area (Å²) in [6.45, 7) is 2.42. The molecule has 0 spiro atoms. The molecule has 126 valence electrons. The monoisotopic (exact) mass is 324 g/mol. The molecular formula is C19H24N4O. The highest BCUT2D eigenvalue weighted by Gasteiger charge is 2.19. The fourth-order valence-corrected chi connectivity index (χ4v) is 3.00. The number of hydrogen-bond donors (Lipinski definition) is 0. The van der Waals surface area contributed by atoms with E-state index in [2.05, 4.69) is 22.1 Å². The number of rotatable bonds is 4. The highest BCUT2D eigenvalue weighted by Crippen LogP contribution is 2.14. The zero-order valence-corrected chi connectivity index (χ0v) is 14.2. The summed E-state index contributed by atoms with van der Waals surface area (Å²) in [7, 11) is 1.98. The van der Waals surface area contributed by atoms with Gasteiger partial charge in [-0.2, -0.15) is 0 Å². The number of benzene rings is 1. The van der Waals surface area contributed by atoms with E-state index < -0.39 is 0 Å². The quantitative estimate of drug-likeness (QED) is 0.867. The van der Waals surface area contributed by atoms with E-state index in [0.29, 0.717) is 5.69 Å². The first-order chi connectivity index (χ1) is 11.7. The van der Waals surface area contributed by atoms with Crippen LogP contribution in [0.1, 0.15) is 41.7 Å². The van der Waals surface area contributed by atoms with Crippen molar-refractivity contribution in [1.82, 2.24) is 14.9 Å². The molecule has 1 aromatic heterocycles. The number of anilines is 1. The SMILES string of the molecule is CN(Cc1ccccc1)c1cnc(C(=O)N2CCCCCC2)cn1. The zero-order valence-electron chi connectivity index (χ0n) is 14.2. The van der Waals surface area contributed by atoms with E-state index in [4.69, 9.17) is 0 Å². The number of amides is 1. The lowest BCUT2D eigenvalue weighted by atomic mass is 10.2. The molecule has 1 saturated heterocycles. The number of aromatic nitrogens is 2. The first-order valence-corrected chi connectivity index (χ1v) is 8.60. The van der Waals surface area contributed by atoms with E-state index in [-0.39, 0.29) is 5.91 Å². The lowest BCUT2D eigenvalue weighted by Gasteiger charge is -2.21. The van der Waals surface area contributed by atoms with E-state index in [1.807, 2.05) is 35.0 Å². The molecule has 0 saturated carbocycles. The van der Waals surface area contributed by atoms with E-state index >= 15 is 0 Å². The summed E-state index contributed by atoms with van der Waals surface area (Å²) in [6, 6.07) is 10.2. The van der Waals surface area contributed by atoms with Crippen molar-refractivity contribution in [1.29, 1.82) is 0 Å². The molecule has 2 aromatic rings. The van der Waals surface area contributed by atoms with Gasteiger partial charge in [0.05, 0.1) is 12.4 Å². The molecule has 1 aliphatic heterocycles. The largest absolute Gasteiger partial charge is 0.354 e. The molecule has 0 aliphatic carbocycles. The van der Waals surface area contributed by atoms with Crippen LogP contribution in [0.3, 0.4) is 0 Å². The van der Waals surface area contributed by atoms with Crippen LogP contribution in [0.2, 0.25) is 0 Å². The molecule has 5 nitrogen and oxygen atoms in total. The van der Waals surface area contributed by atoms with Gasteiger partial charge < -0.3 is 9.80 Å². The van der Waals surface area contributed by atoms with Crippen molar-refractivity contribution in [2.24, 2.45) is 0 Å². The fraction of sp³-hybridized carbons (Fsp3) is 0.421. The van der Waals surface area contributed by atoms with Crippen LogP contribution in [0, 0.1) is 0 Å². The lowest BCUT2D eigenvalue weighted by Crippen LogP contribution is -2.32. The number of carbonyl (C=O) groups excluding carboxylic acids is 1. The number of nitrogens with zero attached hydrogens (tertiary/aromatic N) is 4. The molecule has 0 radical (unpaired) electrons. The van der Waals surface area contributed by atoms with Crippen LogP contribution in [0.5, 0.6) is 0 Å². The molecular weight excluding hydrogens is 300 g/mol. The van der Waals surface area contributed by atoms with Crippen LogP contribution in [-0.4, -0.2) is 40.9 Å². The molecule has 1 amide bonds.